The summed E-state index contributed by atoms with van der Waals surface area (Å²) in [5, 5.41) is 7.96. The molecule has 2 heteroatoms. The number of pyridine rings is 2. The number of thiophene rings is 1. The van der Waals surface area contributed by atoms with E-state index >= 15 is 0 Å². The molecule has 0 fully saturated rings. The highest BCUT2D eigenvalue weighted by Crippen LogP contribution is 2.38. The van der Waals surface area contributed by atoms with Crippen LogP contribution in [-0.2, 0) is 0 Å². The van der Waals surface area contributed by atoms with Crippen molar-refractivity contribution in [1.29, 1.82) is 0 Å². The van der Waals surface area contributed by atoms with Crippen molar-refractivity contribution in [2.24, 2.45) is 0 Å². The molecule has 0 atom stereocenters. The molecular formula is C23H14NS+. The molecule has 1 nitrogen and oxygen atoms in total. The first-order valence-electron chi connectivity index (χ1n) is 8.46. The van der Waals surface area contributed by atoms with Gasteiger partial charge < -0.3 is 0 Å². The molecule has 3 aromatic carbocycles. The third kappa shape index (κ3) is 1.75. The van der Waals surface area contributed by atoms with Crippen LogP contribution in [0, 0.1) is 0 Å². The number of aromatic nitrogens is 1. The summed E-state index contributed by atoms with van der Waals surface area (Å²) >= 11 is 1.88. The van der Waals surface area contributed by atoms with E-state index < -0.39 is 0 Å². The van der Waals surface area contributed by atoms with Gasteiger partial charge in [-0.15, -0.1) is 11.3 Å². The third-order valence-corrected chi connectivity index (χ3v) is 6.25. The fourth-order valence-electron chi connectivity index (χ4n) is 4.01. The Balaban J connectivity index is 2.03. The zero-order chi connectivity index (χ0) is 16.4. The maximum absolute atomic E-state index is 2.27. The Morgan fingerprint density at radius 3 is 2.28 bits per heavy atom. The Morgan fingerprint density at radius 2 is 1.32 bits per heavy atom. The first-order chi connectivity index (χ1) is 12.4. The van der Waals surface area contributed by atoms with Crippen LogP contribution in [0.1, 0.15) is 0 Å². The van der Waals surface area contributed by atoms with Crippen LogP contribution in [0.25, 0.3) is 47.2 Å². The smallest absolute Gasteiger partial charge is 0.166 e. The summed E-state index contributed by atoms with van der Waals surface area (Å²) < 4.78 is 4.97. The first kappa shape index (κ1) is 13.3. The summed E-state index contributed by atoms with van der Waals surface area (Å²) in [5.41, 5.74) is 1.31. The summed E-state index contributed by atoms with van der Waals surface area (Å²) in [6, 6.07) is 26.3. The van der Waals surface area contributed by atoms with Crippen molar-refractivity contribution in [2.75, 3.05) is 0 Å². The van der Waals surface area contributed by atoms with Gasteiger partial charge in [0.15, 0.2) is 12.4 Å². The molecule has 0 radical (unpaired) electrons. The topological polar surface area (TPSA) is 4.10 Å². The second-order valence-electron chi connectivity index (χ2n) is 6.48. The number of hydrogen-bond donors (Lipinski definition) is 0. The molecule has 6 aromatic rings. The fourth-order valence-corrected chi connectivity index (χ4v) is 5.11. The van der Waals surface area contributed by atoms with E-state index in [0.29, 0.717) is 0 Å². The Kier molecular flexibility index (Phi) is 2.55. The number of fused-ring (bicyclic) bond motifs is 9. The van der Waals surface area contributed by atoms with Crippen molar-refractivity contribution in [2.45, 2.75) is 0 Å². The molecule has 0 spiro atoms. The van der Waals surface area contributed by atoms with Gasteiger partial charge >= 0.3 is 0 Å². The average Bonchev–Trinajstić information content (AvgIpc) is 3.06. The molecule has 0 aliphatic carbocycles. The van der Waals surface area contributed by atoms with Crippen molar-refractivity contribution >= 4 is 58.6 Å². The van der Waals surface area contributed by atoms with Crippen molar-refractivity contribution in [3.63, 3.8) is 0 Å². The van der Waals surface area contributed by atoms with Crippen LogP contribution in [0.3, 0.4) is 0 Å². The molecular weight excluding hydrogens is 322 g/mol. The highest BCUT2D eigenvalue weighted by molar-refractivity contribution is 7.26. The van der Waals surface area contributed by atoms with Gasteiger partial charge in [0.25, 0.3) is 0 Å². The summed E-state index contributed by atoms with van der Waals surface area (Å²) in [6.07, 6.45) is 4.37. The molecule has 0 aliphatic rings. The van der Waals surface area contributed by atoms with Crippen molar-refractivity contribution in [3.8, 4) is 0 Å². The standard InChI is InChI=1S/C23H14NS/c1-2-6-17-15(5-1)9-10-16-11-13-24-14-12-20-22(23(24)21(16)17)18-7-3-4-8-19(18)25-20/h1-14H/q+1. The van der Waals surface area contributed by atoms with Gasteiger partial charge in [0, 0.05) is 26.9 Å². The molecule has 0 saturated carbocycles. The minimum atomic E-state index is 1.29. The van der Waals surface area contributed by atoms with E-state index in [1.807, 2.05) is 11.3 Å². The Bertz CT molecular complexity index is 1440. The predicted octanol–water partition coefficient (Wildman–Crippen LogP) is 6.10. The molecule has 6 rings (SSSR count). The Morgan fingerprint density at radius 1 is 0.560 bits per heavy atom. The van der Waals surface area contributed by atoms with Gasteiger partial charge in [-0.05, 0) is 22.2 Å². The highest BCUT2D eigenvalue weighted by atomic mass is 32.1. The molecule has 116 valence electrons. The second kappa shape index (κ2) is 4.78. The zero-order valence-corrected chi connectivity index (χ0v) is 14.3. The molecule has 0 N–H and O–H groups in total. The molecule has 0 unspecified atom stereocenters. The lowest BCUT2D eigenvalue weighted by atomic mass is 10.00. The van der Waals surface area contributed by atoms with E-state index in [4.69, 9.17) is 0 Å². The van der Waals surface area contributed by atoms with Gasteiger partial charge in [-0.2, -0.15) is 4.40 Å². The molecule has 0 saturated heterocycles. The minimum Gasteiger partial charge on any atom is -0.166 e. The van der Waals surface area contributed by atoms with Crippen molar-refractivity contribution in [3.05, 3.63) is 85.2 Å². The summed E-state index contributed by atoms with van der Waals surface area (Å²) in [7, 11) is 0. The molecule has 25 heavy (non-hydrogen) atoms. The van der Waals surface area contributed by atoms with E-state index in [1.54, 1.807) is 0 Å². The summed E-state index contributed by atoms with van der Waals surface area (Å²) in [4.78, 5) is 0. The van der Waals surface area contributed by atoms with E-state index in [1.165, 1.54) is 47.2 Å². The van der Waals surface area contributed by atoms with E-state index in [2.05, 4.69) is 89.6 Å². The average molecular weight is 336 g/mol. The van der Waals surface area contributed by atoms with Crippen molar-refractivity contribution in [1.82, 2.24) is 0 Å². The number of rotatable bonds is 0. The van der Waals surface area contributed by atoms with Gasteiger partial charge in [-0.1, -0.05) is 54.6 Å². The van der Waals surface area contributed by atoms with Crippen LogP contribution in [0.2, 0.25) is 0 Å². The number of benzene rings is 3. The van der Waals surface area contributed by atoms with Crippen LogP contribution in [-0.4, -0.2) is 0 Å². The summed E-state index contributed by atoms with van der Waals surface area (Å²) in [5.74, 6) is 0. The lowest BCUT2D eigenvalue weighted by Crippen LogP contribution is -2.20. The molecule has 0 amide bonds. The third-order valence-electron chi connectivity index (χ3n) is 5.12. The Labute approximate surface area is 148 Å². The quantitative estimate of drug-likeness (QED) is 0.233. The van der Waals surface area contributed by atoms with Crippen molar-refractivity contribution < 1.29 is 4.40 Å². The van der Waals surface area contributed by atoms with Crippen LogP contribution >= 0.6 is 11.3 Å². The van der Waals surface area contributed by atoms with E-state index in [9.17, 15) is 0 Å². The summed E-state index contributed by atoms with van der Waals surface area (Å²) in [6.45, 7) is 0. The van der Waals surface area contributed by atoms with Gasteiger partial charge in [0.1, 0.15) is 0 Å². The van der Waals surface area contributed by atoms with Crippen LogP contribution in [0.4, 0.5) is 0 Å². The second-order valence-corrected chi connectivity index (χ2v) is 7.56. The van der Waals surface area contributed by atoms with Gasteiger partial charge in [0.05, 0.1) is 10.8 Å². The highest BCUT2D eigenvalue weighted by Gasteiger charge is 2.18. The molecule has 3 heterocycles. The number of hydrogen-bond acceptors (Lipinski definition) is 1. The van der Waals surface area contributed by atoms with Gasteiger partial charge in [-0.25, -0.2) is 0 Å². The van der Waals surface area contributed by atoms with Crippen LogP contribution in [0.5, 0.6) is 0 Å². The van der Waals surface area contributed by atoms with E-state index in [0.717, 1.165) is 0 Å². The lowest BCUT2D eigenvalue weighted by Gasteiger charge is -2.05. The maximum Gasteiger partial charge on any atom is 0.228 e. The normalized spacial score (nSPS) is 12.0. The molecule has 0 bridgehead atoms. The van der Waals surface area contributed by atoms with Crippen LogP contribution < -0.4 is 4.40 Å². The molecule has 3 aromatic heterocycles. The fraction of sp³-hybridized carbons (Fsp3) is 0. The SMILES string of the molecule is c1ccc2c(c1)ccc1cc[n+]3ccc4sc5ccccc5c4c3c12. The lowest BCUT2D eigenvalue weighted by molar-refractivity contribution is -0.509. The number of nitrogens with zero attached hydrogens (tertiary/aromatic N) is 1. The zero-order valence-electron chi connectivity index (χ0n) is 13.4. The van der Waals surface area contributed by atoms with Gasteiger partial charge in [0.2, 0.25) is 5.52 Å². The van der Waals surface area contributed by atoms with Crippen LogP contribution in [0.15, 0.2) is 85.2 Å². The minimum absolute atomic E-state index is 1.29. The predicted molar refractivity (Wildman–Crippen MR) is 108 cm³/mol. The largest absolute Gasteiger partial charge is 0.228 e. The monoisotopic (exact) mass is 336 g/mol. The van der Waals surface area contributed by atoms with E-state index in [-0.39, 0.29) is 0 Å². The maximum atomic E-state index is 2.27. The van der Waals surface area contributed by atoms with Gasteiger partial charge in [-0.3, -0.25) is 0 Å². The first-order valence-corrected chi connectivity index (χ1v) is 9.27. The Hall–Kier alpha value is -2.97. The molecule has 0 aliphatic heterocycles.